The summed E-state index contributed by atoms with van der Waals surface area (Å²) in [5, 5.41) is 222. The second kappa shape index (κ2) is 32.3. The number of Topliss-reactive ketones (excluding diaryl/α,β-unsaturated/α-hetero) is 1. The van der Waals surface area contributed by atoms with Crippen molar-refractivity contribution in [1.82, 2.24) is 10.6 Å². The number of hydrogen-bond acceptors (Lipinski definition) is 36. The highest BCUT2D eigenvalue weighted by Gasteiger charge is 2.58. The van der Waals surface area contributed by atoms with Crippen LogP contribution in [-0.2, 0) is 76.0 Å². The fourth-order valence-electron chi connectivity index (χ4n) is 11.2. The number of ether oxygens (including phenoxy) is 13. The number of nitrogens with one attached hydrogen (secondary N) is 2. The zero-order valence-electron chi connectivity index (χ0n) is 46.9. The number of rotatable bonds is 24. The van der Waals surface area contributed by atoms with Crippen molar-refractivity contribution in [3.8, 4) is 0 Å². The van der Waals surface area contributed by atoms with E-state index in [1.54, 1.807) is 0 Å². The fourth-order valence-corrected chi connectivity index (χ4v) is 11.4. The van der Waals surface area contributed by atoms with Crippen molar-refractivity contribution in [2.75, 3.05) is 51.6 Å². The number of aliphatic hydroxyl groups excluding tert-OH is 20. The Labute approximate surface area is 507 Å². The van der Waals surface area contributed by atoms with Crippen LogP contribution in [0, 0.1) is 0 Å². The molecule has 0 saturated carbocycles. The van der Waals surface area contributed by atoms with Gasteiger partial charge in [-0.2, -0.15) is 0 Å². The molecule has 0 spiro atoms. The van der Waals surface area contributed by atoms with Crippen LogP contribution in [0.3, 0.4) is 0 Å². The zero-order chi connectivity index (χ0) is 64.9. The first-order valence-corrected chi connectivity index (χ1v) is 29.1. The van der Waals surface area contributed by atoms with Gasteiger partial charge in [0.05, 0.1) is 63.7 Å². The molecule has 7 aliphatic heterocycles. The summed E-state index contributed by atoms with van der Waals surface area (Å²) in [6.45, 7) is -4.69. The number of carbonyl (C=O) groups excluding carboxylic acids is 3. The van der Waals surface area contributed by atoms with E-state index in [1.807, 2.05) is 0 Å². The molecule has 7 fully saturated rings. The maximum absolute atomic E-state index is 12.8. The maximum atomic E-state index is 12.8. The molecule has 0 aromatic rings. The van der Waals surface area contributed by atoms with Gasteiger partial charge in [0.15, 0.2) is 37.7 Å². The van der Waals surface area contributed by atoms with Crippen molar-refractivity contribution in [3.63, 3.8) is 0 Å². The summed E-state index contributed by atoms with van der Waals surface area (Å²) in [6.07, 6.45) is -64.7. The van der Waals surface area contributed by atoms with Crippen molar-refractivity contribution in [2.45, 2.75) is 235 Å². The molecule has 0 bridgehead atoms. The lowest BCUT2D eigenvalue weighted by atomic mass is 9.89. The SMILES string of the molecule is CC(=O)NC1[C@H](O[C@@H]2C(CO)O[C@@H](CC(=O)CBr)C(NC(C)=O)[C@H]2O)OC(CO)[C@@H](O[C@@H]2OC(CO[C@H]3OC(COC4OC(CO)[C@@H](O)[C@H](O)C4O)[C@@H](O)[C@H](O[C@@H]4OC(CO)[C@@H](O)[C@H](O)C4O)C3O)[C@@H](O)[C@H](O[C@@H]3OC(CO)[C@H](O)C(O)[C@@H]3O)C2O)[C@@H]1O. The number of amides is 2. The number of ketones is 1. The molecule has 39 heteroatoms. The zero-order valence-corrected chi connectivity index (χ0v) is 48.5. The molecule has 510 valence electrons. The summed E-state index contributed by atoms with van der Waals surface area (Å²) in [5.74, 6) is -1.96. The molecule has 0 aliphatic carbocycles. The van der Waals surface area contributed by atoms with Crippen LogP contribution in [0.4, 0.5) is 0 Å². The lowest BCUT2D eigenvalue weighted by Gasteiger charge is -2.50. The maximum Gasteiger partial charge on any atom is 0.217 e. The molecular formula is C49H81BrN2O36. The lowest BCUT2D eigenvalue weighted by molar-refractivity contribution is -0.387. The van der Waals surface area contributed by atoms with E-state index in [9.17, 15) is 117 Å². The fraction of sp³-hybridized carbons (Fsp3) is 0.939. The first-order chi connectivity index (χ1) is 41.6. The summed E-state index contributed by atoms with van der Waals surface area (Å²) in [5.41, 5.74) is 0. The van der Waals surface area contributed by atoms with Crippen molar-refractivity contribution in [3.05, 3.63) is 0 Å². The van der Waals surface area contributed by atoms with Gasteiger partial charge in [-0.05, 0) is 0 Å². The van der Waals surface area contributed by atoms with E-state index < -0.39 is 278 Å². The van der Waals surface area contributed by atoms with E-state index in [1.165, 1.54) is 0 Å². The Morgan fingerprint density at radius 1 is 0.341 bits per heavy atom. The predicted molar refractivity (Wildman–Crippen MR) is 276 cm³/mol. The van der Waals surface area contributed by atoms with Crippen molar-refractivity contribution in [2.24, 2.45) is 0 Å². The molecule has 22 N–H and O–H groups in total. The minimum absolute atomic E-state index is 0.138. The Morgan fingerprint density at radius 3 is 1.09 bits per heavy atom. The minimum Gasteiger partial charge on any atom is -0.394 e. The number of aliphatic hydroxyl groups is 20. The standard InChI is InChI=1S/C49H81BrN2O36/c1-12(58)51-23-15(3-14(60)4-50)78-19(8-56)40(30(23)66)85-44-24(52-13(2)59)31(67)41(20(9-57)82-44)86-49-39(75)43(88-48-37(73)34(70)27(63)18(7-55)81-48)29(65)22(84-49)11-77-46-38(74)42(87-47-36(72)33(69)26(62)17(6-54)80-47)28(64)21(83-46)10-76-45-35(71)32(68)25(61)16(5-53)79-45/h15-49,53-57,61-75H,3-11H2,1-2H3,(H,51,58)(H,52,59)/t15-,16?,17?,18?,19?,20?,21?,22?,23?,24?,25+,26+,27-,28+,29+,30+,31+,32-,33-,34?,35?,36?,37-,38?,39?,40+,41+,42-,43-,44-,45?,46-,47-,48-,49-/m0/s1. The largest absolute Gasteiger partial charge is 0.394 e. The van der Waals surface area contributed by atoms with Gasteiger partial charge in [0.1, 0.15) is 171 Å². The third-order valence-electron chi connectivity index (χ3n) is 16.0. The summed E-state index contributed by atoms with van der Waals surface area (Å²) in [6, 6.07) is -3.17. The van der Waals surface area contributed by atoms with Gasteiger partial charge in [0.25, 0.3) is 0 Å². The first-order valence-electron chi connectivity index (χ1n) is 28.0. The molecule has 2 amide bonds. The molecule has 7 heterocycles. The Morgan fingerprint density at radius 2 is 0.659 bits per heavy atom. The molecule has 7 saturated heterocycles. The van der Waals surface area contributed by atoms with Gasteiger partial charge in [0, 0.05) is 20.3 Å². The van der Waals surface area contributed by atoms with Gasteiger partial charge in [-0.3, -0.25) is 14.4 Å². The molecule has 0 aromatic carbocycles. The van der Waals surface area contributed by atoms with Crippen molar-refractivity contribution in [1.29, 1.82) is 0 Å². The van der Waals surface area contributed by atoms with Crippen LogP contribution in [0.5, 0.6) is 0 Å². The molecule has 0 aromatic heterocycles. The smallest absolute Gasteiger partial charge is 0.217 e. The molecular weight excluding hydrogens is 1270 g/mol. The van der Waals surface area contributed by atoms with E-state index in [-0.39, 0.29) is 11.8 Å². The van der Waals surface area contributed by atoms with Crippen LogP contribution in [0.25, 0.3) is 0 Å². The second-order valence-corrected chi connectivity index (χ2v) is 22.7. The number of carbonyl (C=O) groups is 3. The molecule has 15 unspecified atom stereocenters. The quantitative estimate of drug-likeness (QED) is 0.0399. The highest BCUT2D eigenvalue weighted by molar-refractivity contribution is 9.09. The summed E-state index contributed by atoms with van der Waals surface area (Å²) >= 11 is 3.04. The van der Waals surface area contributed by atoms with E-state index in [4.69, 9.17) is 61.6 Å². The van der Waals surface area contributed by atoms with Gasteiger partial charge < -0.3 is 174 Å². The van der Waals surface area contributed by atoms with Crippen LogP contribution < -0.4 is 10.6 Å². The van der Waals surface area contributed by atoms with E-state index in [0.29, 0.717) is 0 Å². The molecule has 38 nitrogen and oxygen atoms in total. The Bertz CT molecular complexity index is 2200. The molecule has 0 radical (unpaired) electrons. The summed E-state index contributed by atoms with van der Waals surface area (Å²) in [4.78, 5) is 37.6. The molecule has 88 heavy (non-hydrogen) atoms. The summed E-state index contributed by atoms with van der Waals surface area (Å²) in [7, 11) is 0. The molecule has 7 rings (SSSR count). The van der Waals surface area contributed by atoms with Crippen LogP contribution >= 0.6 is 15.9 Å². The average Bonchev–Trinajstić information content (AvgIpc) is 1.03. The highest BCUT2D eigenvalue weighted by atomic mass is 79.9. The van der Waals surface area contributed by atoms with Gasteiger partial charge in [0.2, 0.25) is 11.8 Å². The van der Waals surface area contributed by atoms with E-state index >= 15 is 0 Å². The summed E-state index contributed by atoms with van der Waals surface area (Å²) < 4.78 is 75.3. The first kappa shape index (κ1) is 73.2. The molecule has 35 atom stereocenters. The monoisotopic (exact) mass is 1350 g/mol. The number of hydrogen-bond donors (Lipinski definition) is 22. The third kappa shape index (κ3) is 16.3. The van der Waals surface area contributed by atoms with Crippen LogP contribution in [0.1, 0.15) is 20.3 Å². The number of halogens is 1. The van der Waals surface area contributed by atoms with Crippen molar-refractivity contribution >= 4 is 33.5 Å². The third-order valence-corrected chi connectivity index (χ3v) is 16.6. The van der Waals surface area contributed by atoms with E-state index in [0.717, 1.165) is 13.8 Å². The highest BCUT2D eigenvalue weighted by Crippen LogP contribution is 2.37. The normalized spacial score (nSPS) is 48.6. The van der Waals surface area contributed by atoms with Gasteiger partial charge in [-0.15, -0.1) is 0 Å². The Balaban J connectivity index is 1.17. The predicted octanol–water partition coefficient (Wildman–Crippen LogP) is -14.6. The van der Waals surface area contributed by atoms with Gasteiger partial charge in [-0.25, -0.2) is 0 Å². The van der Waals surface area contributed by atoms with Gasteiger partial charge in [-0.1, -0.05) is 15.9 Å². The van der Waals surface area contributed by atoms with E-state index in [2.05, 4.69) is 26.6 Å². The molecule has 7 aliphatic rings. The Hall–Kier alpha value is -2.23. The second-order valence-electron chi connectivity index (χ2n) is 22.1. The van der Waals surface area contributed by atoms with Crippen LogP contribution in [-0.4, -0.2) is 386 Å². The van der Waals surface area contributed by atoms with Crippen LogP contribution in [0.15, 0.2) is 0 Å². The lowest BCUT2D eigenvalue weighted by Crippen LogP contribution is -2.70. The van der Waals surface area contributed by atoms with Gasteiger partial charge >= 0.3 is 0 Å². The van der Waals surface area contributed by atoms with Crippen LogP contribution in [0.2, 0.25) is 0 Å². The number of alkyl halides is 1. The van der Waals surface area contributed by atoms with Crippen molar-refractivity contribution < 1.29 is 178 Å². The Kier molecular flexibility index (Phi) is 26.8. The minimum atomic E-state index is -2.35. The average molecular weight is 1350 g/mol. The topological polar surface area (TPSA) is 600 Å².